The Bertz CT molecular complexity index is 1040. The van der Waals surface area contributed by atoms with Crippen molar-refractivity contribution in [3.8, 4) is 11.4 Å². The first kappa shape index (κ1) is 23.9. The molecule has 0 aliphatic carbocycles. The summed E-state index contributed by atoms with van der Waals surface area (Å²) in [6.07, 6.45) is 0. The molecule has 0 radical (unpaired) electrons. The Labute approximate surface area is 189 Å². The third-order valence-corrected chi connectivity index (χ3v) is 7.37. The number of carbonyl (C=O) groups excluding carboxylic acids is 1. The largest absolute Gasteiger partial charge is 0.377 e. The summed E-state index contributed by atoms with van der Waals surface area (Å²) in [4.78, 5) is 23.1. The van der Waals surface area contributed by atoms with Crippen LogP contribution in [0.1, 0.15) is 33.4 Å². The lowest BCUT2D eigenvalue weighted by Gasteiger charge is -2.34. The van der Waals surface area contributed by atoms with E-state index in [1.54, 1.807) is 32.0 Å². The Morgan fingerprint density at radius 1 is 1.25 bits per heavy atom. The summed E-state index contributed by atoms with van der Waals surface area (Å²) in [5, 5.41) is 4.94. The predicted octanol–water partition coefficient (Wildman–Crippen LogP) is 2.83. The molecule has 1 aromatic heterocycles. The van der Waals surface area contributed by atoms with E-state index in [-0.39, 0.29) is 17.8 Å². The molecular formula is C22H31N5O4S. The minimum Gasteiger partial charge on any atom is -0.377 e. The van der Waals surface area contributed by atoms with Crippen LogP contribution in [0, 0.1) is 0 Å². The van der Waals surface area contributed by atoms with Gasteiger partial charge >= 0.3 is 6.03 Å². The minimum absolute atomic E-state index is 0.115. The van der Waals surface area contributed by atoms with Crippen molar-refractivity contribution in [1.29, 1.82) is 0 Å². The number of amides is 2. The molecule has 1 atom stereocenters. The number of ether oxygens (including phenoxy) is 1. The molecule has 1 aliphatic rings. The van der Waals surface area contributed by atoms with Crippen molar-refractivity contribution >= 4 is 27.4 Å². The molecule has 1 fully saturated rings. The number of nitrogens with zero attached hydrogens (tertiary/aromatic N) is 3. The molecule has 3 rings (SSSR count). The number of rotatable bonds is 7. The van der Waals surface area contributed by atoms with Gasteiger partial charge in [0.1, 0.15) is 5.82 Å². The maximum atomic E-state index is 12.6. The van der Waals surface area contributed by atoms with Gasteiger partial charge in [0.05, 0.1) is 36.0 Å². The quantitative estimate of drug-likeness (QED) is 0.652. The lowest BCUT2D eigenvalue weighted by Crippen LogP contribution is -2.44. The number of urea groups is 1. The molecule has 0 bridgehead atoms. The smallest absolute Gasteiger partial charge is 0.319 e. The average molecular weight is 462 g/mol. The van der Waals surface area contributed by atoms with Gasteiger partial charge in [-0.05, 0) is 52.0 Å². The number of anilines is 2. The van der Waals surface area contributed by atoms with Gasteiger partial charge in [-0.25, -0.2) is 23.2 Å². The first-order chi connectivity index (χ1) is 15.2. The van der Waals surface area contributed by atoms with Crippen LogP contribution in [0.4, 0.5) is 16.3 Å². The van der Waals surface area contributed by atoms with Gasteiger partial charge in [-0.15, -0.1) is 0 Å². The molecule has 1 aliphatic heterocycles. The van der Waals surface area contributed by atoms with E-state index >= 15 is 0 Å². The molecule has 174 valence electrons. The lowest BCUT2D eigenvalue weighted by atomic mass is 10.2. The van der Waals surface area contributed by atoms with E-state index in [1.807, 2.05) is 26.0 Å². The number of carbonyl (C=O) groups is 1. The zero-order chi connectivity index (χ0) is 23.3. The van der Waals surface area contributed by atoms with Crippen LogP contribution < -0.4 is 15.5 Å². The highest BCUT2D eigenvalue weighted by atomic mass is 32.2. The van der Waals surface area contributed by atoms with Crippen LogP contribution in [0.2, 0.25) is 0 Å². The number of sulfone groups is 1. The molecule has 0 unspecified atom stereocenters. The average Bonchev–Trinajstić information content (AvgIpc) is 2.74. The number of morpholine rings is 1. The maximum absolute atomic E-state index is 12.6. The highest BCUT2D eigenvalue weighted by molar-refractivity contribution is 7.91. The molecule has 2 N–H and O–H groups in total. The van der Waals surface area contributed by atoms with Crippen LogP contribution in [0.5, 0.6) is 0 Å². The lowest BCUT2D eigenvalue weighted by molar-refractivity contribution is 0.0985. The van der Waals surface area contributed by atoms with E-state index in [0.717, 1.165) is 5.56 Å². The van der Waals surface area contributed by atoms with E-state index < -0.39 is 15.1 Å². The molecule has 2 amide bonds. The molecule has 0 saturated carbocycles. The van der Waals surface area contributed by atoms with Crippen LogP contribution in [0.25, 0.3) is 11.4 Å². The number of hydrogen-bond donors (Lipinski definition) is 2. The Hall–Kier alpha value is -2.72. The Balaban J connectivity index is 1.96. The highest BCUT2D eigenvalue weighted by Gasteiger charge is 2.24. The van der Waals surface area contributed by atoms with Crippen molar-refractivity contribution in [2.24, 2.45) is 0 Å². The second-order valence-electron chi connectivity index (χ2n) is 8.08. The van der Waals surface area contributed by atoms with Crippen molar-refractivity contribution in [2.75, 3.05) is 36.5 Å². The normalized spacial score (nSPS) is 16.8. The zero-order valence-corrected chi connectivity index (χ0v) is 19.8. The minimum atomic E-state index is -3.32. The topological polar surface area (TPSA) is 114 Å². The summed E-state index contributed by atoms with van der Waals surface area (Å²) in [7, 11) is -3.32. The van der Waals surface area contributed by atoms with Gasteiger partial charge in [-0.2, -0.15) is 0 Å². The second-order valence-corrected chi connectivity index (χ2v) is 10.6. The number of benzene rings is 1. The van der Waals surface area contributed by atoms with Crippen LogP contribution >= 0.6 is 0 Å². The third-order valence-electron chi connectivity index (χ3n) is 5.23. The van der Waals surface area contributed by atoms with E-state index in [0.29, 0.717) is 49.3 Å². The summed E-state index contributed by atoms with van der Waals surface area (Å²) in [6, 6.07) is 8.75. The zero-order valence-electron chi connectivity index (χ0n) is 19.0. The summed E-state index contributed by atoms with van der Waals surface area (Å²) in [5.41, 5.74) is 1.83. The van der Waals surface area contributed by atoms with Crippen molar-refractivity contribution in [1.82, 2.24) is 15.3 Å². The molecule has 10 heteroatoms. The van der Waals surface area contributed by atoms with Gasteiger partial charge in [0, 0.05) is 30.4 Å². The van der Waals surface area contributed by atoms with Gasteiger partial charge < -0.3 is 20.3 Å². The van der Waals surface area contributed by atoms with E-state index in [4.69, 9.17) is 9.72 Å². The first-order valence-corrected chi connectivity index (χ1v) is 12.5. The molecule has 0 spiro atoms. The van der Waals surface area contributed by atoms with Crippen LogP contribution in [0.3, 0.4) is 0 Å². The van der Waals surface area contributed by atoms with Gasteiger partial charge in [0.2, 0.25) is 0 Å². The molecule has 9 nitrogen and oxygen atoms in total. The third kappa shape index (κ3) is 5.95. The van der Waals surface area contributed by atoms with Crippen LogP contribution in [-0.2, 0) is 20.3 Å². The Morgan fingerprint density at radius 3 is 2.59 bits per heavy atom. The Morgan fingerprint density at radius 2 is 1.97 bits per heavy atom. The monoisotopic (exact) mass is 461 g/mol. The summed E-state index contributed by atoms with van der Waals surface area (Å²) in [6.45, 7) is 9.61. The predicted molar refractivity (Wildman–Crippen MR) is 126 cm³/mol. The molecule has 2 heterocycles. The SMILES string of the molecule is CCNC(=O)Nc1ccc(-c2nc(CS(=O)(=O)C(C)C)cc(N3CCOC[C@@H]3C)n2)cc1. The fourth-order valence-electron chi connectivity index (χ4n) is 3.31. The number of nitrogens with one attached hydrogen (secondary N) is 2. The van der Waals surface area contributed by atoms with E-state index in [9.17, 15) is 13.2 Å². The van der Waals surface area contributed by atoms with Crippen molar-refractivity contribution in [3.63, 3.8) is 0 Å². The van der Waals surface area contributed by atoms with Crippen LogP contribution in [0.15, 0.2) is 30.3 Å². The van der Waals surface area contributed by atoms with Crippen molar-refractivity contribution < 1.29 is 17.9 Å². The first-order valence-electron chi connectivity index (χ1n) is 10.8. The fraction of sp³-hybridized carbons (Fsp3) is 0.500. The summed E-state index contributed by atoms with van der Waals surface area (Å²) >= 11 is 0. The molecule has 1 saturated heterocycles. The summed E-state index contributed by atoms with van der Waals surface area (Å²) in [5.74, 6) is 0.979. The van der Waals surface area contributed by atoms with E-state index in [1.165, 1.54) is 0 Å². The molecular weight excluding hydrogens is 430 g/mol. The van der Waals surface area contributed by atoms with Crippen molar-refractivity contribution in [2.45, 2.75) is 44.7 Å². The van der Waals surface area contributed by atoms with Gasteiger partial charge in [-0.3, -0.25) is 0 Å². The van der Waals surface area contributed by atoms with Gasteiger partial charge in [0.15, 0.2) is 15.7 Å². The second kappa shape index (κ2) is 10.3. The van der Waals surface area contributed by atoms with E-state index in [2.05, 4.69) is 20.5 Å². The molecule has 1 aromatic carbocycles. The van der Waals surface area contributed by atoms with Gasteiger partial charge in [0.25, 0.3) is 0 Å². The maximum Gasteiger partial charge on any atom is 0.319 e. The Kier molecular flexibility index (Phi) is 7.68. The van der Waals surface area contributed by atoms with Crippen LogP contribution in [-0.4, -0.2) is 62.0 Å². The number of aromatic nitrogens is 2. The number of hydrogen-bond acceptors (Lipinski definition) is 7. The molecule has 32 heavy (non-hydrogen) atoms. The summed E-state index contributed by atoms with van der Waals surface area (Å²) < 4.78 is 30.7. The molecule has 2 aromatic rings. The van der Waals surface area contributed by atoms with Crippen molar-refractivity contribution in [3.05, 3.63) is 36.0 Å². The fourth-order valence-corrected chi connectivity index (χ4v) is 4.21. The van der Waals surface area contributed by atoms with Gasteiger partial charge in [-0.1, -0.05) is 0 Å². The highest BCUT2D eigenvalue weighted by Crippen LogP contribution is 2.25. The standard InChI is InChI=1S/C22H31N5O4S/c1-5-23-22(28)25-18-8-6-17(7-9-18)21-24-19(14-32(29,30)15(2)3)12-20(26-21)27-10-11-31-13-16(27)4/h6-9,12,15-16H,5,10-11,13-14H2,1-4H3,(H2,23,25,28)/t16-/m0/s1.